The molecule has 122 valence electrons. The number of hydrogen-bond donors (Lipinski definition) is 1. The molecule has 23 heavy (non-hydrogen) atoms. The summed E-state index contributed by atoms with van der Waals surface area (Å²) in [6, 6.07) is 5.85. The molecule has 2 aromatic rings. The fourth-order valence-corrected chi connectivity index (χ4v) is 3.23. The quantitative estimate of drug-likeness (QED) is 0.873. The lowest BCUT2D eigenvalue weighted by Gasteiger charge is -2.34. The summed E-state index contributed by atoms with van der Waals surface area (Å²) in [5, 5.41) is 4.08. The molecular weight excluding hydrogens is 316 g/mol. The van der Waals surface area contributed by atoms with Crippen LogP contribution in [0.1, 0.15) is 19.8 Å². The molecule has 0 saturated carbocycles. The number of anilines is 1. The van der Waals surface area contributed by atoms with E-state index in [2.05, 4.69) is 20.2 Å². The Bertz CT molecular complexity index is 737. The van der Waals surface area contributed by atoms with Gasteiger partial charge in [-0.25, -0.2) is 4.98 Å². The van der Waals surface area contributed by atoms with Gasteiger partial charge in [-0.15, -0.1) is 0 Å². The van der Waals surface area contributed by atoms with E-state index in [1.807, 2.05) is 18.2 Å². The summed E-state index contributed by atoms with van der Waals surface area (Å²) in [5.41, 5.74) is 0.701. The summed E-state index contributed by atoms with van der Waals surface area (Å²) in [6.07, 6.45) is 1.95. The van der Waals surface area contributed by atoms with Gasteiger partial charge in [0.15, 0.2) is 0 Å². The number of aromatic nitrogens is 2. The molecule has 3 rings (SSSR count). The van der Waals surface area contributed by atoms with Crippen LogP contribution in [0.15, 0.2) is 18.2 Å². The predicted molar refractivity (Wildman–Crippen MR) is 90.2 cm³/mol. The van der Waals surface area contributed by atoms with Crippen LogP contribution >= 0.6 is 11.6 Å². The molecule has 6 nitrogen and oxygen atoms in total. The molecule has 0 radical (unpaired) electrons. The third-order valence-corrected chi connectivity index (χ3v) is 4.16. The molecule has 1 aromatic heterocycles. The number of para-hydroxylation sites is 1. The molecule has 0 unspecified atom stereocenters. The molecule has 1 atom stereocenters. The van der Waals surface area contributed by atoms with Gasteiger partial charge in [-0.1, -0.05) is 6.07 Å². The van der Waals surface area contributed by atoms with Crippen molar-refractivity contribution in [2.45, 2.75) is 25.8 Å². The van der Waals surface area contributed by atoms with Gasteiger partial charge in [-0.2, -0.15) is 4.98 Å². The van der Waals surface area contributed by atoms with Gasteiger partial charge in [-0.3, -0.25) is 4.79 Å². The lowest BCUT2D eigenvalue weighted by Crippen LogP contribution is -2.47. The van der Waals surface area contributed by atoms with E-state index in [9.17, 15) is 4.79 Å². The minimum Gasteiger partial charge on any atom is -0.494 e. The Morgan fingerprint density at radius 3 is 3.00 bits per heavy atom. The highest BCUT2D eigenvalue weighted by Crippen LogP contribution is 2.32. The Labute approximate surface area is 139 Å². The Balaban J connectivity index is 2.00. The number of piperidine rings is 1. The van der Waals surface area contributed by atoms with Gasteiger partial charge >= 0.3 is 0 Å². The van der Waals surface area contributed by atoms with Crippen LogP contribution in [0.2, 0.25) is 5.28 Å². The fraction of sp³-hybridized carbons (Fsp3) is 0.438. The summed E-state index contributed by atoms with van der Waals surface area (Å²) in [5.74, 6) is 1.45. The fourth-order valence-electron chi connectivity index (χ4n) is 3.06. The van der Waals surface area contributed by atoms with Crippen LogP contribution in [0.4, 0.5) is 5.82 Å². The molecule has 1 fully saturated rings. The topological polar surface area (TPSA) is 67.3 Å². The molecule has 1 amide bonds. The van der Waals surface area contributed by atoms with Crippen molar-refractivity contribution in [2.24, 2.45) is 0 Å². The van der Waals surface area contributed by atoms with Crippen LogP contribution < -0.4 is 15.0 Å². The highest BCUT2D eigenvalue weighted by Gasteiger charge is 2.24. The number of hydrogen-bond acceptors (Lipinski definition) is 5. The summed E-state index contributed by atoms with van der Waals surface area (Å²) in [6.45, 7) is 3.12. The number of fused-ring (bicyclic) bond motifs is 1. The van der Waals surface area contributed by atoms with Gasteiger partial charge in [0.1, 0.15) is 17.1 Å². The first kappa shape index (κ1) is 15.8. The highest BCUT2D eigenvalue weighted by molar-refractivity contribution is 6.29. The van der Waals surface area contributed by atoms with Gasteiger partial charge in [0.2, 0.25) is 11.2 Å². The van der Waals surface area contributed by atoms with Gasteiger partial charge in [0.05, 0.1) is 7.11 Å². The van der Waals surface area contributed by atoms with Crippen LogP contribution in [0.25, 0.3) is 10.9 Å². The average molecular weight is 335 g/mol. The van der Waals surface area contributed by atoms with Gasteiger partial charge in [0.25, 0.3) is 0 Å². The molecule has 1 N–H and O–H groups in total. The smallest absolute Gasteiger partial charge is 0.225 e. The molecule has 0 aliphatic carbocycles. The summed E-state index contributed by atoms with van der Waals surface area (Å²) >= 11 is 6.12. The number of methoxy groups -OCH3 is 1. The standard InChI is InChI=1S/C16H19ClN4O2/c1-10(22)18-11-5-4-8-21(9-11)15-12-6-3-7-13(23-2)14(12)19-16(17)20-15/h3,6-7,11H,4-5,8-9H2,1-2H3,(H,18,22)/t11-/m1/s1. The van der Waals surface area contributed by atoms with E-state index in [-0.39, 0.29) is 17.2 Å². The van der Waals surface area contributed by atoms with Crippen LogP contribution in [-0.4, -0.2) is 42.1 Å². The summed E-state index contributed by atoms with van der Waals surface area (Å²) in [4.78, 5) is 22.2. The number of benzene rings is 1. The second-order valence-electron chi connectivity index (χ2n) is 5.66. The maximum atomic E-state index is 11.3. The van der Waals surface area contributed by atoms with E-state index in [0.29, 0.717) is 17.8 Å². The molecule has 1 aromatic carbocycles. The largest absolute Gasteiger partial charge is 0.494 e. The number of amides is 1. The van der Waals surface area contributed by atoms with Crippen LogP contribution in [0.5, 0.6) is 5.75 Å². The Morgan fingerprint density at radius 2 is 2.26 bits per heavy atom. The first-order chi connectivity index (χ1) is 11.1. The van der Waals surface area contributed by atoms with Crippen molar-refractivity contribution in [2.75, 3.05) is 25.1 Å². The second kappa shape index (κ2) is 6.58. The summed E-state index contributed by atoms with van der Waals surface area (Å²) in [7, 11) is 1.61. The third-order valence-electron chi connectivity index (χ3n) is 3.99. The van der Waals surface area contributed by atoms with Gasteiger partial charge < -0.3 is 15.0 Å². The lowest BCUT2D eigenvalue weighted by molar-refractivity contribution is -0.119. The minimum atomic E-state index is -0.0101. The SMILES string of the molecule is COc1cccc2c(N3CCC[C@@H](NC(C)=O)C3)nc(Cl)nc12. The minimum absolute atomic E-state index is 0.0101. The Hall–Kier alpha value is -2.08. The zero-order chi connectivity index (χ0) is 16.4. The van der Waals surface area contributed by atoms with Crippen molar-refractivity contribution in [1.82, 2.24) is 15.3 Å². The molecule has 2 heterocycles. The molecule has 1 saturated heterocycles. The van der Waals surface area contributed by atoms with Crippen molar-refractivity contribution in [3.05, 3.63) is 23.5 Å². The molecule has 0 spiro atoms. The van der Waals surface area contributed by atoms with Crippen molar-refractivity contribution in [3.8, 4) is 5.75 Å². The van der Waals surface area contributed by atoms with Crippen molar-refractivity contribution >= 4 is 34.2 Å². The molecule has 1 aliphatic rings. The maximum Gasteiger partial charge on any atom is 0.225 e. The number of ether oxygens (including phenoxy) is 1. The first-order valence-electron chi connectivity index (χ1n) is 7.61. The van der Waals surface area contributed by atoms with E-state index in [4.69, 9.17) is 16.3 Å². The van der Waals surface area contributed by atoms with E-state index >= 15 is 0 Å². The van der Waals surface area contributed by atoms with Crippen molar-refractivity contribution in [1.29, 1.82) is 0 Å². The normalized spacial score (nSPS) is 18.0. The lowest BCUT2D eigenvalue weighted by atomic mass is 10.0. The summed E-state index contributed by atoms with van der Waals surface area (Å²) < 4.78 is 5.37. The van der Waals surface area contributed by atoms with E-state index < -0.39 is 0 Å². The number of nitrogens with one attached hydrogen (secondary N) is 1. The Kier molecular flexibility index (Phi) is 4.52. The zero-order valence-corrected chi connectivity index (χ0v) is 13.9. The van der Waals surface area contributed by atoms with E-state index in [1.54, 1.807) is 14.0 Å². The van der Waals surface area contributed by atoms with E-state index in [0.717, 1.165) is 30.6 Å². The third kappa shape index (κ3) is 3.32. The number of rotatable bonds is 3. The highest BCUT2D eigenvalue weighted by atomic mass is 35.5. The monoisotopic (exact) mass is 334 g/mol. The molecule has 7 heteroatoms. The van der Waals surface area contributed by atoms with Gasteiger partial charge in [0, 0.05) is 31.4 Å². The predicted octanol–water partition coefficient (Wildman–Crippen LogP) is 2.40. The second-order valence-corrected chi connectivity index (χ2v) is 6.00. The average Bonchev–Trinajstić information content (AvgIpc) is 2.53. The van der Waals surface area contributed by atoms with E-state index in [1.165, 1.54) is 0 Å². The molecular formula is C16H19ClN4O2. The van der Waals surface area contributed by atoms with Crippen LogP contribution in [-0.2, 0) is 4.79 Å². The number of halogens is 1. The first-order valence-corrected chi connectivity index (χ1v) is 7.98. The van der Waals surface area contributed by atoms with Crippen molar-refractivity contribution in [3.63, 3.8) is 0 Å². The van der Waals surface area contributed by atoms with Crippen LogP contribution in [0.3, 0.4) is 0 Å². The number of nitrogens with zero attached hydrogens (tertiary/aromatic N) is 3. The van der Waals surface area contributed by atoms with Crippen molar-refractivity contribution < 1.29 is 9.53 Å². The zero-order valence-electron chi connectivity index (χ0n) is 13.2. The van der Waals surface area contributed by atoms with Crippen LogP contribution in [0, 0.1) is 0 Å². The number of carbonyl (C=O) groups is 1. The number of carbonyl (C=O) groups excluding carboxylic acids is 1. The maximum absolute atomic E-state index is 11.3. The molecule has 0 bridgehead atoms. The van der Waals surface area contributed by atoms with Gasteiger partial charge in [-0.05, 0) is 36.6 Å². The molecule has 1 aliphatic heterocycles. The Morgan fingerprint density at radius 1 is 1.43 bits per heavy atom.